The van der Waals surface area contributed by atoms with Crippen LogP contribution in [-0.2, 0) is 10.8 Å². The highest BCUT2D eigenvalue weighted by Gasteiger charge is 2.25. The lowest BCUT2D eigenvalue weighted by Crippen LogP contribution is -2.12. The molecule has 0 aliphatic carbocycles. The van der Waals surface area contributed by atoms with Gasteiger partial charge in [-0.15, -0.1) is 0 Å². The Bertz CT molecular complexity index is 3190. The van der Waals surface area contributed by atoms with Crippen LogP contribution in [0, 0.1) is 0 Å². The quantitative estimate of drug-likeness (QED) is 0.186. The summed E-state index contributed by atoms with van der Waals surface area (Å²) in [5, 5.41) is 11.4. The third kappa shape index (κ3) is 6.60. The minimum atomic E-state index is -3.51. The van der Waals surface area contributed by atoms with Gasteiger partial charge in [-0.2, -0.15) is 0 Å². The van der Waals surface area contributed by atoms with Gasteiger partial charge in [-0.05, 0) is 98.8 Å². The van der Waals surface area contributed by atoms with Crippen molar-refractivity contribution in [2.24, 2.45) is 0 Å². The largest absolute Gasteiger partial charge is 0.507 e. The topological polar surface area (TPSA) is 50.9 Å². The molecule has 0 amide bonds. The summed E-state index contributed by atoms with van der Waals surface area (Å²) >= 11 is 0. The summed E-state index contributed by atoms with van der Waals surface area (Å²) in [6, 6.07) is 32.2. The molecule has 54 heavy (non-hydrogen) atoms. The zero-order valence-corrected chi connectivity index (χ0v) is 29.9. The summed E-state index contributed by atoms with van der Waals surface area (Å²) in [5.74, 6) is 0.168. The number of nitrogens with zero attached hydrogens (tertiary/aromatic N) is 3. The summed E-state index contributed by atoms with van der Waals surface area (Å²) in [6.45, 7) is -4.33. The molecule has 6 aromatic carbocycles. The fourth-order valence-corrected chi connectivity index (χ4v) is 6.73. The van der Waals surface area contributed by atoms with Crippen LogP contribution in [0.5, 0.6) is 5.75 Å². The van der Waals surface area contributed by atoms with Crippen LogP contribution in [0.2, 0.25) is 0 Å². The molecule has 0 atom stereocenters. The number of para-hydroxylation sites is 2. The molecule has 8 rings (SSSR count). The molecule has 0 bridgehead atoms. The standard InChI is InChI=1S/C50H45N3O/c1-49(2,3)38-24-25-44(42(32-38)34-18-11-8-12-19-34)53-45-22-15-21-40(47(45)52-48(53)41-20-13-14-23-46(41)54)36-28-37(30-39(29-36)50(4,5)6)43-31-35(26-27-51-43)33-16-9-7-10-17-33/h7-32,54H,1-6H3/i1D3,2D3,3D3,7D,9D,10D,16D,17D. The van der Waals surface area contributed by atoms with Gasteiger partial charge in [-0.25, -0.2) is 4.98 Å². The van der Waals surface area contributed by atoms with Crippen molar-refractivity contribution in [3.05, 3.63) is 169 Å². The maximum absolute atomic E-state index is 11.4. The second-order valence-corrected chi connectivity index (χ2v) is 14.3. The van der Waals surface area contributed by atoms with E-state index in [1.165, 1.54) is 30.5 Å². The fourth-order valence-electron chi connectivity index (χ4n) is 6.73. The predicted octanol–water partition coefficient (Wildman–Crippen LogP) is 13.1. The first-order valence-electron chi connectivity index (χ1n) is 24.5. The van der Waals surface area contributed by atoms with Gasteiger partial charge in [0.05, 0.1) is 34.8 Å². The Kier molecular flexibility index (Phi) is 5.57. The smallest absolute Gasteiger partial charge is 0.149 e. The number of benzene rings is 6. The van der Waals surface area contributed by atoms with Gasteiger partial charge >= 0.3 is 0 Å². The molecule has 1 N–H and O–H groups in total. The van der Waals surface area contributed by atoms with Gasteiger partial charge in [0.15, 0.2) is 0 Å². The van der Waals surface area contributed by atoms with Gasteiger partial charge in [-0.1, -0.05) is 138 Å². The van der Waals surface area contributed by atoms with Crippen LogP contribution in [0.15, 0.2) is 158 Å². The number of aromatic nitrogens is 3. The van der Waals surface area contributed by atoms with Crippen molar-refractivity contribution in [1.82, 2.24) is 14.5 Å². The highest BCUT2D eigenvalue weighted by atomic mass is 16.3. The van der Waals surface area contributed by atoms with Crippen LogP contribution < -0.4 is 0 Å². The van der Waals surface area contributed by atoms with E-state index >= 15 is 0 Å². The monoisotopic (exact) mass is 717 g/mol. The zero-order chi connectivity index (χ0) is 49.5. The second-order valence-electron chi connectivity index (χ2n) is 14.3. The molecule has 0 fully saturated rings. The molecule has 0 saturated carbocycles. The Morgan fingerprint density at radius 1 is 0.593 bits per heavy atom. The zero-order valence-electron chi connectivity index (χ0n) is 43.9. The van der Waals surface area contributed by atoms with E-state index in [9.17, 15) is 5.11 Å². The van der Waals surface area contributed by atoms with Crippen LogP contribution in [0.1, 0.15) is 71.6 Å². The minimum Gasteiger partial charge on any atom is -0.507 e. The molecule has 4 heteroatoms. The molecule has 266 valence electrons. The molecule has 0 radical (unpaired) electrons. The van der Waals surface area contributed by atoms with Crippen molar-refractivity contribution in [3.63, 3.8) is 0 Å². The summed E-state index contributed by atoms with van der Waals surface area (Å²) < 4.78 is 120. The Labute approximate surface area is 338 Å². The number of phenols is 1. The maximum atomic E-state index is 11.4. The van der Waals surface area contributed by atoms with Crippen molar-refractivity contribution < 1.29 is 24.3 Å². The van der Waals surface area contributed by atoms with E-state index in [4.69, 9.17) is 24.2 Å². The van der Waals surface area contributed by atoms with Gasteiger partial charge < -0.3 is 5.11 Å². The Hall–Kier alpha value is -6.26. The van der Waals surface area contributed by atoms with Crippen molar-refractivity contribution in [1.29, 1.82) is 0 Å². The Balaban J connectivity index is 1.42. The average molecular weight is 718 g/mol. The normalized spacial score (nSPS) is 16.4. The van der Waals surface area contributed by atoms with Crippen molar-refractivity contribution in [3.8, 4) is 67.5 Å². The first-order chi connectivity index (χ1) is 31.8. The fraction of sp³-hybridized carbons (Fsp3) is 0.160. The second kappa shape index (κ2) is 13.6. The SMILES string of the molecule is [2H]c1c([2H])c([2H])c(-c2ccnc(-c3cc(-c4cccc5c4nc(-c4ccccc4O)n5-c4ccc(C(C([2H])([2H])[2H])(C([2H])([2H])[2H])C([2H])([2H])[2H])cc4-c4ccccc4)cc(C(C)(C)C)c3)c2)c([2H])c1[2H]. The lowest BCUT2D eigenvalue weighted by molar-refractivity contribution is 0.477. The van der Waals surface area contributed by atoms with Crippen molar-refractivity contribution in [2.45, 2.75) is 52.2 Å². The molecule has 2 aromatic heterocycles. The Morgan fingerprint density at radius 2 is 1.33 bits per heavy atom. The number of hydrogen-bond donors (Lipinski definition) is 1. The third-order valence-corrected chi connectivity index (χ3v) is 9.54. The summed E-state index contributed by atoms with van der Waals surface area (Å²) in [7, 11) is 0. The number of hydrogen-bond acceptors (Lipinski definition) is 3. The van der Waals surface area contributed by atoms with Crippen LogP contribution >= 0.6 is 0 Å². The van der Waals surface area contributed by atoms with Crippen molar-refractivity contribution in [2.75, 3.05) is 0 Å². The van der Waals surface area contributed by atoms with E-state index in [-0.39, 0.29) is 29.2 Å². The molecule has 0 aliphatic heterocycles. The van der Waals surface area contributed by atoms with Gasteiger partial charge in [-0.3, -0.25) is 9.55 Å². The summed E-state index contributed by atoms with van der Waals surface area (Å²) in [6.07, 6.45) is 1.53. The van der Waals surface area contributed by atoms with Gasteiger partial charge in [0, 0.05) is 35.2 Å². The van der Waals surface area contributed by atoms with Gasteiger partial charge in [0.25, 0.3) is 0 Å². The summed E-state index contributed by atoms with van der Waals surface area (Å²) in [5.41, 5.74) is 2.31. The van der Waals surface area contributed by atoms with Crippen LogP contribution in [0.3, 0.4) is 0 Å². The summed E-state index contributed by atoms with van der Waals surface area (Å²) in [4.78, 5) is 9.92. The van der Waals surface area contributed by atoms with E-state index in [2.05, 4.69) is 25.8 Å². The van der Waals surface area contributed by atoms with Gasteiger partial charge in [0.2, 0.25) is 0 Å². The van der Waals surface area contributed by atoms with E-state index in [0.29, 0.717) is 55.8 Å². The average Bonchev–Trinajstić information content (AvgIpc) is 3.66. The molecule has 8 aromatic rings. The first kappa shape index (κ1) is 22.1. The first-order valence-corrected chi connectivity index (χ1v) is 17.5. The number of phenolic OH excluding ortho intramolecular Hbond substituents is 1. The molecule has 0 spiro atoms. The van der Waals surface area contributed by atoms with E-state index in [1.54, 1.807) is 65.2 Å². The number of pyridine rings is 1. The number of aromatic hydroxyl groups is 1. The lowest BCUT2D eigenvalue weighted by atomic mass is 9.83. The molecular weight excluding hydrogens is 659 g/mol. The highest BCUT2D eigenvalue weighted by Crippen LogP contribution is 2.42. The molecule has 0 unspecified atom stereocenters. The molecule has 0 aliphatic rings. The molecular formula is C50H45N3O. The lowest BCUT2D eigenvalue weighted by Gasteiger charge is -2.23. The third-order valence-electron chi connectivity index (χ3n) is 9.54. The number of rotatable bonds is 6. The highest BCUT2D eigenvalue weighted by molar-refractivity contribution is 5.97. The molecule has 2 heterocycles. The van der Waals surface area contributed by atoms with E-state index in [1.807, 2.05) is 36.4 Å². The van der Waals surface area contributed by atoms with E-state index in [0.717, 1.165) is 11.1 Å². The number of imidazole rings is 1. The Morgan fingerprint density at radius 3 is 2.09 bits per heavy atom. The van der Waals surface area contributed by atoms with Crippen LogP contribution in [-0.4, -0.2) is 19.6 Å². The minimum absolute atomic E-state index is 0.0441. The van der Waals surface area contributed by atoms with E-state index < -0.39 is 55.1 Å². The van der Waals surface area contributed by atoms with Crippen LogP contribution in [0.25, 0.3) is 72.7 Å². The van der Waals surface area contributed by atoms with Crippen LogP contribution in [0.4, 0.5) is 0 Å². The molecule has 0 saturated heterocycles. The van der Waals surface area contributed by atoms with Crippen molar-refractivity contribution >= 4 is 11.0 Å². The predicted molar refractivity (Wildman–Crippen MR) is 225 cm³/mol. The maximum Gasteiger partial charge on any atom is 0.149 e. The van der Waals surface area contributed by atoms with Gasteiger partial charge in [0.1, 0.15) is 11.6 Å². The molecule has 4 nitrogen and oxygen atoms in total. The number of fused-ring (bicyclic) bond motifs is 1.